The SMILES string of the molecule is CCC(N)=NC(C)c1ccc(C)o1. The average molecular weight is 180 g/mol. The van der Waals surface area contributed by atoms with Crippen molar-refractivity contribution in [1.29, 1.82) is 0 Å². The van der Waals surface area contributed by atoms with Crippen molar-refractivity contribution in [2.24, 2.45) is 10.7 Å². The summed E-state index contributed by atoms with van der Waals surface area (Å²) in [5, 5.41) is 0. The molecule has 0 amide bonds. The van der Waals surface area contributed by atoms with Crippen molar-refractivity contribution in [3.8, 4) is 0 Å². The van der Waals surface area contributed by atoms with Gasteiger partial charge in [-0.2, -0.15) is 0 Å². The van der Waals surface area contributed by atoms with Crippen LogP contribution in [0.5, 0.6) is 0 Å². The number of hydrogen-bond acceptors (Lipinski definition) is 2. The van der Waals surface area contributed by atoms with Gasteiger partial charge < -0.3 is 10.2 Å². The van der Waals surface area contributed by atoms with E-state index in [0.717, 1.165) is 17.9 Å². The average Bonchev–Trinajstić information content (AvgIpc) is 2.51. The molecule has 1 aromatic rings. The fourth-order valence-electron chi connectivity index (χ4n) is 1.08. The Morgan fingerprint density at radius 1 is 1.62 bits per heavy atom. The molecule has 1 atom stereocenters. The first kappa shape index (κ1) is 9.84. The normalized spacial score (nSPS) is 14.5. The van der Waals surface area contributed by atoms with Crippen molar-refractivity contribution in [2.45, 2.75) is 33.2 Å². The number of rotatable bonds is 3. The number of nitrogens with two attached hydrogens (primary N) is 1. The van der Waals surface area contributed by atoms with E-state index in [4.69, 9.17) is 10.2 Å². The molecule has 1 rings (SSSR count). The van der Waals surface area contributed by atoms with Gasteiger partial charge in [-0.05, 0) is 26.0 Å². The molecule has 72 valence electrons. The standard InChI is InChI=1S/C10H16N2O/c1-4-10(11)12-8(3)9-6-5-7(2)13-9/h5-6,8H,4H2,1-3H3,(H2,11,12). The van der Waals surface area contributed by atoms with Crippen LogP contribution in [0.2, 0.25) is 0 Å². The molecule has 3 heteroatoms. The molecule has 1 unspecified atom stereocenters. The molecule has 2 N–H and O–H groups in total. The summed E-state index contributed by atoms with van der Waals surface area (Å²) >= 11 is 0. The van der Waals surface area contributed by atoms with Crippen LogP contribution in [0.15, 0.2) is 21.5 Å². The molecule has 13 heavy (non-hydrogen) atoms. The lowest BCUT2D eigenvalue weighted by atomic mass is 10.2. The van der Waals surface area contributed by atoms with E-state index in [1.807, 2.05) is 32.9 Å². The van der Waals surface area contributed by atoms with Crippen LogP contribution in [-0.4, -0.2) is 5.84 Å². The highest BCUT2D eigenvalue weighted by atomic mass is 16.3. The van der Waals surface area contributed by atoms with Crippen LogP contribution < -0.4 is 5.73 Å². The Labute approximate surface area is 78.7 Å². The highest BCUT2D eigenvalue weighted by Gasteiger charge is 2.07. The molecule has 3 nitrogen and oxygen atoms in total. The number of aryl methyl sites for hydroxylation is 1. The van der Waals surface area contributed by atoms with Gasteiger partial charge in [0, 0.05) is 6.42 Å². The number of aliphatic imine (C=N–C) groups is 1. The predicted octanol–water partition coefficient (Wildman–Crippen LogP) is 2.42. The Bertz CT molecular complexity index is 302. The van der Waals surface area contributed by atoms with Crippen molar-refractivity contribution < 1.29 is 4.42 Å². The summed E-state index contributed by atoms with van der Waals surface area (Å²) in [6, 6.07) is 3.89. The Kier molecular flexibility index (Phi) is 3.12. The topological polar surface area (TPSA) is 51.5 Å². The van der Waals surface area contributed by atoms with Gasteiger partial charge in [-0.3, -0.25) is 4.99 Å². The monoisotopic (exact) mass is 180 g/mol. The van der Waals surface area contributed by atoms with Gasteiger partial charge in [0.05, 0.1) is 5.84 Å². The maximum atomic E-state index is 5.63. The van der Waals surface area contributed by atoms with E-state index in [0.29, 0.717) is 5.84 Å². The lowest BCUT2D eigenvalue weighted by Crippen LogP contribution is -2.10. The van der Waals surface area contributed by atoms with Crippen LogP contribution in [-0.2, 0) is 0 Å². The third-order valence-corrected chi connectivity index (χ3v) is 1.89. The minimum atomic E-state index is 0.0219. The maximum absolute atomic E-state index is 5.63. The molecule has 0 saturated heterocycles. The zero-order chi connectivity index (χ0) is 9.84. The van der Waals surface area contributed by atoms with Crippen molar-refractivity contribution >= 4 is 5.84 Å². The van der Waals surface area contributed by atoms with E-state index >= 15 is 0 Å². The van der Waals surface area contributed by atoms with Gasteiger partial charge in [0.25, 0.3) is 0 Å². The molecule has 0 spiro atoms. The van der Waals surface area contributed by atoms with Gasteiger partial charge in [0.2, 0.25) is 0 Å². The number of nitrogens with zero attached hydrogens (tertiary/aromatic N) is 1. The largest absolute Gasteiger partial charge is 0.464 e. The van der Waals surface area contributed by atoms with Crippen LogP contribution in [0, 0.1) is 6.92 Å². The van der Waals surface area contributed by atoms with Gasteiger partial charge >= 0.3 is 0 Å². The molecular formula is C10H16N2O. The van der Waals surface area contributed by atoms with E-state index in [1.165, 1.54) is 0 Å². The van der Waals surface area contributed by atoms with Crippen molar-refractivity contribution in [3.63, 3.8) is 0 Å². The second kappa shape index (κ2) is 4.12. The van der Waals surface area contributed by atoms with Crippen LogP contribution in [0.25, 0.3) is 0 Å². The predicted molar refractivity (Wildman–Crippen MR) is 53.8 cm³/mol. The van der Waals surface area contributed by atoms with Crippen LogP contribution in [0.4, 0.5) is 0 Å². The van der Waals surface area contributed by atoms with Crippen LogP contribution >= 0.6 is 0 Å². The van der Waals surface area contributed by atoms with E-state index in [9.17, 15) is 0 Å². The quantitative estimate of drug-likeness (QED) is 0.573. The fourth-order valence-corrected chi connectivity index (χ4v) is 1.08. The maximum Gasteiger partial charge on any atom is 0.128 e. The minimum Gasteiger partial charge on any atom is -0.464 e. The molecule has 0 fully saturated rings. The zero-order valence-electron chi connectivity index (χ0n) is 8.37. The second-order valence-electron chi connectivity index (χ2n) is 3.10. The zero-order valence-corrected chi connectivity index (χ0v) is 8.37. The number of amidine groups is 1. The van der Waals surface area contributed by atoms with Crippen molar-refractivity contribution in [3.05, 3.63) is 23.7 Å². The minimum absolute atomic E-state index is 0.0219. The lowest BCUT2D eigenvalue weighted by molar-refractivity contribution is 0.458. The molecule has 1 aromatic heterocycles. The summed E-state index contributed by atoms with van der Waals surface area (Å²) in [6.07, 6.45) is 0.782. The number of furan rings is 1. The molecule has 0 aliphatic heterocycles. The first-order valence-corrected chi connectivity index (χ1v) is 4.52. The van der Waals surface area contributed by atoms with Crippen LogP contribution in [0.3, 0.4) is 0 Å². The van der Waals surface area contributed by atoms with Gasteiger partial charge in [0.15, 0.2) is 0 Å². The smallest absolute Gasteiger partial charge is 0.128 e. The summed E-state index contributed by atoms with van der Waals surface area (Å²) in [5.74, 6) is 2.45. The summed E-state index contributed by atoms with van der Waals surface area (Å²) in [5.41, 5.74) is 5.63. The van der Waals surface area contributed by atoms with E-state index in [-0.39, 0.29) is 6.04 Å². The Balaban J connectivity index is 2.74. The molecular weight excluding hydrogens is 164 g/mol. The molecule has 0 saturated carbocycles. The highest BCUT2D eigenvalue weighted by Crippen LogP contribution is 2.19. The molecule has 1 heterocycles. The van der Waals surface area contributed by atoms with E-state index in [1.54, 1.807) is 0 Å². The van der Waals surface area contributed by atoms with Crippen molar-refractivity contribution in [1.82, 2.24) is 0 Å². The number of hydrogen-bond donors (Lipinski definition) is 1. The summed E-state index contributed by atoms with van der Waals surface area (Å²) < 4.78 is 5.43. The molecule has 0 bridgehead atoms. The van der Waals surface area contributed by atoms with Crippen LogP contribution in [0.1, 0.15) is 37.8 Å². The third-order valence-electron chi connectivity index (χ3n) is 1.89. The summed E-state index contributed by atoms with van der Waals surface area (Å²) in [4.78, 5) is 4.28. The Morgan fingerprint density at radius 2 is 2.31 bits per heavy atom. The van der Waals surface area contributed by atoms with E-state index < -0.39 is 0 Å². The second-order valence-corrected chi connectivity index (χ2v) is 3.10. The van der Waals surface area contributed by atoms with Gasteiger partial charge in [-0.15, -0.1) is 0 Å². The lowest BCUT2D eigenvalue weighted by Gasteiger charge is -2.03. The van der Waals surface area contributed by atoms with Gasteiger partial charge in [-0.25, -0.2) is 0 Å². The highest BCUT2D eigenvalue weighted by molar-refractivity contribution is 5.80. The van der Waals surface area contributed by atoms with Gasteiger partial charge in [0.1, 0.15) is 17.6 Å². The van der Waals surface area contributed by atoms with Gasteiger partial charge in [-0.1, -0.05) is 6.92 Å². The third kappa shape index (κ3) is 2.61. The Hall–Kier alpha value is -1.25. The summed E-state index contributed by atoms with van der Waals surface area (Å²) in [6.45, 7) is 5.88. The first-order chi connectivity index (χ1) is 6.13. The first-order valence-electron chi connectivity index (χ1n) is 4.52. The summed E-state index contributed by atoms with van der Waals surface area (Å²) in [7, 11) is 0. The molecule has 0 aliphatic carbocycles. The molecule has 0 aliphatic rings. The molecule has 0 radical (unpaired) electrons. The van der Waals surface area contributed by atoms with Crippen molar-refractivity contribution in [2.75, 3.05) is 0 Å². The van der Waals surface area contributed by atoms with E-state index in [2.05, 4.69) is 4.99 Å². The fraction of sp³-hybridized carbons (Fsp3) is 0.500. The molecule has 0 aromatic carbocycles. The Morgan fingerprint density at radius 3 is 2.77 bits per heavy atom.